The summed E-state index contributed by atoms with van der Waals surface area (Å²) in [7, 11) is 0. The standard InChI is InChI=1S/C15H20FN3O2/c16-12-7-5-11-6-8-15(21)19(13(11)10-12)9-3-1-2-4-14(20)18-17/h5,7,10H,1-4,6,8-9,17H2,(H,18,20). The first-order valence-corrected chi connectivity index (χ1v) is 7.20. The van der Waals surface area contributed by atoms with Crippen molar-refractivity contribution in [2.75, 3.05) is 11.4 Å². The smallest absolute Gasteiger partial charge is 0.233 e. The monoisotopic (exact) mass is 293 g/mol. The molecule has 21 heavy (non-hydrogen) atoms. The number of hydrazine groups is 1. The predicted octanol–water partition coefficient (Wildman–Crippen LogP) is 1.66. The molecule has 1 aliphatic rings. The lowest BCUT2D eigenvalue weighted by atomic mass is 10.0. The molecule has 114 valence electrons. The van der Waals surface area contributed by atoms with Crippen LogP contribution in [0.1, 0.15) is 37.7 Å². The van der Waals surface area contributed by atoms with Crippen LogP contribution in [0.3, 0.4) is 0 Å². The van der Waals surface area contributed by atoms with Crippen molar-refractivity contribution >= 4 is 17.5 Å². The molecule has 2 amide bonds. The topological polar surface area (TPSA) is 75.4 Å². The molecule has 0 spiro atoms. The fraction of sp³-hybridized carbons (Fsp3) is 0.467. The van der Waals surface area contributed by atoms with Crippen LogP contribution < -0.4 is 16.2 Å². The van der Waals surface area contributed by atoms with Gasteiger partial charge in [0.05, 0.1) is 0 Å². The molecule has 0 saturated heterocycles. The lowest BCUT2D eigenvalue weighted by Gasteiger charge is -2.29. The lowest BCUT2D eigenvalue weighted by Crippen LogP contribution is -2.36. The average molecular weight is 293 g/mol. The number of nitrogens with two attached hydrogens (primary N) is 1. The van der Waals surface area contributed by atoms with E-state index in [0.717, 1.165) is 24.8 Å². The Hall–Kier alpha value is -1.95. The predicted molar refractivity (Wildman–Crippen MR) is 77.9 cm³/mol. The van der Waals surface area contributed by atoms with Gasteiger partial charge in [-0.2, -0.15) is 0 Å². The Morgan fingerprint density at radius 1 is 1.29 bits per heavy atom. The summed E-state index contributed by atoms with van der Waals surface area (Å²) in [6.45, 7) is 0.555. The highest BCUT2D eigenvalue weighted by Crippen LogP contribution is 2.28. The largest absolute Gasteiger partial charge is 0.312 e. The minimum Gasteiger partial charge on any atom is -0.312 e. The van der Waals surface area contributed by atoms with Crippen molar-refractivity contribution in [3.63, 3.8) is 0 Å². The lowest BCUT2D eigenvalue weighted by molar-refractivity contribution is -0.121. The molecule has 0 radical (unpaired) electrons. The normalized spacial score (nSPS) is 14.0. The van der Waals surface area contributed by atoms with Gasteiger partial charge in [-0.05, 0) is 37.0 Å². The van der Waals surface area contributed by atoms with Gasteiger partial charge in [0.2, 0.25) is 11.8 Å². The second-order valence-electron chi connectivity index (χ2n) is 5.20. The van der Waals surface area contributed by atoms with E-state index in [2.05, 4.69) is 5.43 Å². The molecule has 6 heteroatoms. The maximum atomic E-state index is 13.4. The van der Waals surface area contributed by atoms with Gasteiger partial charge in [0.25, 0.3) is 0 Å². The van der Waals surface area contributed by atoms with E-state index in [9.17, 15) is 14.0 Å². The highest BCUT2D eigenvalue weighted by molar-refractivity contribution is 5.96. The van der Waals surface area contributed by atoms with Gasteiger partial charge < -0.3 is 4.90 Å². The number of amides is 2. The number of fused-ring (bicyclic) bond motifs is 1. The highest BCUT2D eigenvalue weighted by atomic mass is 19.1. The number of rotatable bonds is 6. The number of nitrogens with zero attached hydrogens (tertiary/aromatic N) is 1. The number of carbonyl (C=O) groups excluding carboxylic acids is 2. The fourth-order valence-electron chi connectivity index (χ4n) is 2.56. The van der Waals surface area contributed by atoms with Gasteiger partial charge >= 0.3 is 0 Å². The zero-order chi connectivity index (χ0) is 15.2. The van der Waals surface area contributed by atoms with Crippen LogP contribution in [0.25, 0.3) is 0 Å². The van der Waals surface area contributed by atoms with E-state index in [4.69, 9.17) is 5.84 Å². The second kappa shape index (κ2) is 7.17. The summed E-state index contributed by atoms with van der Waals surface area (Å²) in [4.78, 5) is 24.7. The molecule has 3 N–H and O–H groups in total. The van der Waals surface area contributed by atoms with Crippen LogP contribution in [-0.2, 0) is 16.0 Å². The molecule has 0 unspecified atom stereocenters. The summed E-state index contributed by atoms with van der Waals surface area (Å²) >= 11 is 0. The minimum absolute atomic E-state index is 0.0350. The Morgan fingerprint density at radius 2 is 2.10 bits per heavy atom. The molecule has 0 aliphatic carbocycles. The number of anilines is 1. The SMILES string of the molecule is NNC(=O)CCCCCN1C(=O)CCc2ccc(F)cc21. The van der Waals surface area contributed by atoms with Gasteiger partial charge in [-0.15, -0.1) is 0 Å². The van der Waals surface area contributed by atoms with E-state index in [1.807, 2.05) is 0 Å². The van der Waals surface area contributed by atoms with Crippen LogP contribution in [0.2, 0.25) is 0 Å². The van der Waals surface area contributed by atoms with Crippen molar-refractivity contribution < 1.29 is 14.0 Å². The van der Waals surface area contributed by atoms with Gasteiger partial charge in [-0.1, -0.05) is 12.5 Å². The van der Waals surface area contributed by atoms with E-state index < -0.39 is 0 Å². The second-order valence-corrected chi connectivity index (χ2v) is 5.20. The van der Waals surface area contributed by atoms with Gasteiger partial charge in [-0.25, -0.2) is 10.2 Å². The third kappa shape index (κ3) is 4.01. The number of benzene rings is 1. The van der Waals surface area contributed by atoms with Gasteiger partial charge in [0.15, 0.2) is 0 Å². The summed E-state index contributed by atoms with van der Waals surface area (Å²) in [5.74, 6) is 4.53. The number of hydrogen-bond donors (Lipinski definition) is 2. The zero-order valence-electron chi connectivity index (χ0n) is 11.9. The Morgan fingerprint density at radius 3 is 2.86 bits per heavy atom. The van der Waals surface area contributed by atoms with Crippen molar-refractivity contribution in [3.8, 4) is 0 Å². The van der Waals surface area contributed by atoms with Crippen LogP contribution in [0.5, 0.6) is 0 Å². The van der Waals surface area contributed by atoms with Crippen LogP contribution >= 0.6 is 0 Å². The first-order valence-electron chi connectivity index (χ1n) is 7.20. The number of hydrogen-bond acceptors (Lipinski definition) is 3. The quantitative estimate of drug-likeness (QED) is 0.362. The maximum Gasteiger partial charge on any atom is 0.233 e. The molecule has 0 aromatic heterocycles. The van der Waals surface area contributed by atoms with Crippen molar-refractivity contribution in [1.82, 2.24) is 5.43 Å². The summed E-state index contributed by atoms with van der Waals surface area (Å²) in [5.41, 5.74) is 3.78. The molecular formula is C15H20FN3O2. The molecule has 1 aromatic rings. The van der Waals surface area contributed by atoms with Crippen molar-refractivity contribution in [2.45, 2.75) is 38.5 Å². The molecule has 0 fully saturated rings. The van der Waals surface area contributed by atoms with Crippen molar-refractivity contribution in [2.24, 2.45) is 5.84 Å². The summed E-state index contributed by atoms with van der Waals surface area (Å²) in [6.07, 6.45) is 3.84. The summed E-state index contributed by atoms with van der Waals surface area (Å²) in [6, 6.07) is 4.60. The van der Waals surface area contributed by atoms with Crippen LogP contribution in [0.15, 0.2) is 18.2 Å². The van der Waals surface area contributed by atoms with E-state index in [0.29, 0.717) is 31.5 Å². The first-order chi connectivity index (χ1) is 10.1. The minimum atomic E-state index is -0.326. The number of halogens is 1. The van der Waals surface area contributed by atoms with E-state index in [-0.39, 0.29) is 17.6 Å². The Labute approximate surface area is 123 Å². The fourth-order valence-corrected chi connectivity index (χ4v) is 2.56. The Bertz CT molecular complexity index is 534. The van der Waals surface area contributed by atoms with Crippen molar-refractivity contribution in [3.05, 3.63) is 29.6 Å². The van der Waals surface area contributed by atoms with Crippen LogP contribution in [-0.4, -0.2) is 18.4 Å². The molecular weight excluding hydrogens is 273 g/mol. The van der Waals surface area contributed by atoms with Gasteiger partial charge in [0, 0.05) is 25.1 Å². The third-order valence-corrected chi connectivity index (χ3v) is 3.69. The molecule has 0 saturated carbocycles. The molecule has 5 nitrogen and oxygen atoms in total. The molecule has 1 heterocycles. The van der Waals surface area contributed by atoms with E-state index in [1.165, 1.54) is 12.1 Å². The van der Waals surface area contributed by atoms with Crippen LogP contribution in [0, 0.1) is 5.82 Å². The molecule has 0 atom stereocenters. The molecule has 1 aromatic carbocycles. The summed E-state index contributed by atoms with van der Waals surface area (Å²) < 4.78 is 13.4. The molecule has 1 aliphatic heterocycles. The number of aryl methyl sites for hydroxylation is 1. The zero-order valence-corrected chi connectivity index (χ0v) is 11.9. The van der Waals surface area contributed by atoms with Gasteiger partial charge in [-0.3, -0.25) is 15.0 Å². The third-order valence-electron chi connectivity index (χ3n) is 3.69. The van der Waals surface area contributed by atoms with Crippen molar-refractivity contribution in [1.29, 1.82) is 0 Å². The van der Waals surface area contributed by atoms with E-state index in [1.54, 1.807) is 11.0 Å². The number of unbranched alkanes of at least 4 members (excludes halogenated alkanes) is 2. The summed E-state index contributed by atoms with van der Waals surface area (Å²) in [5, 5.41) is 0. The van der Waals surface area contributed by atoms with Gasteiger partial charge in [0.1, 0.15) is 5.82 Å². The molecule has 2 rings (SSSR count). The number of nitrogens with one attached hydrogen (secondary N) is 1. The Balaban J connectivity index is 1.89. The average Bonchev–Trinajstić information content (AvgIpc) is 2.48. The van der Waals surface area contributed by atoms with E-state index >= 15 is 0 Å². The maximum absolute atomic E-state index is 13.4. The molecule has 0 bridgehead atoms. The first kappa shape index (κ1) is 15.4. The Kier molecular flexibility index (Phi) is 5.27. The number of carbonyl (C=O) groups is 2. The van der Waals surface area contributed by atoms with Crippen LogP contribution in [0.4, 0.5) is 10.1 Å². The highest BCUT2D eigenvalue weighted by Gasteiger charge is 2.23.